The van der Waals surface area contributed by atoms with Crippen LogP contribution in [0.2, 0.25) is 0 Å². The molecule has 1 aromatic carbocycles. The minimum absolute atomic E-state index is 0.0739. The van der Waals surface area contributed by atoms with E-state index >= 15 is 0 Å². The zero-order valence-corrected chi connectivity index (χ0v) is 11.0. The predicted octanol–water partition coefficient (Wildman–Crippen LogP) is 1.38. The van der Waals surface area contributed by atoms with Gasteiger partial charge >= 0.3 is 0 Å². The second-order valence-corrected chi connectivity index (χ2v) is 3.90. The van der Waals surface area contributed by atoms with Crippen molar-refractivity contribution in [2.75, 3.05) is 26.9 Å². The first-order valence-corrected chi connectivity index (χ1v) is 5.73. The van der Waals surface area contributed by atoms with Gasteiger partial charge in [-0.1, -0.05) is 6.07 Å². The van der Waals surface area contributed by atoms with Gasteiger partial charge in [0.1, 0.15) is 5.75 Å². The molecule has 0 heterocycles. The van der Waals surface area contributed by atoms with Crippen molar-refractivity contribution in [2.24, 2.45) is 0 Å². The van der Waals surface area contributed by atoms with E-state index in [2.05, 4.69) is 5.48 Å². The molecule has 5 heteroatoms. The van der Waals surface area contributed by atoms with Gasteiger partial charge in [-0.25, -0.2) is 5.48 Å². The Morgan fingerprint density at radius 2 is 2.00 bits per heavy atom. The molecule has 1 amide bonds. The van der Waals surface area contributed by atoms with E-state index < -0.39 is 0 Å². The average molecular weight is 253 g/mol. The molecule has 0 radical (unpaired) electrons. The van der Waals surface area contributed by atoms with Crippen LogP contribution in [0.4, 0.5) is 0 Å². The number of carbonyl (C=O) groups excluding carboxylic acids is 1. The molecular weight excluding hydrogens is 234 g/mol. The van der Waals surface area contributed by atoms with Crippen LogP contribution in [0.3, 0.4) is 0 Å². The van der Waals surface area contributed by atoms with E-state index in [-0.39, 0.29) is 12.5 Å². The summed E-state index contributed by atoms with van der Waals surface area (Å²) in [6.45, 7) is 4.69. The van der Waals surface area contributed by atoms with Crippen LogP contribution in [0.5, 0.6) is 5.75 Å². The Morgan fingerprint density at radius 3 is 2.67 bits per heavy atom. The number of amides is 1. The molecule has 100 valence electrons. The van der Waals surface area contributed by atoms with Crippen LogP contribution in [-0.4, -0.2) is 32.8 Å². The maximum Gasteiger partial charge on any atom is 0.281 e. The number of ether oxygens (including phenoxy) is 2. The smallest absolute Gasteiger partial charge is 0.281 e. The normalized spacial score (nSPS) is 10.2. The summed E-state index contributed by atoms with van der Waals surface area (Å²) in [5, 5.41) is 0. The third kappa shape index (κ3) is 5.16. The standard InChI is InChI=1S/C13H19NO4/c1-10-4-5-12(8-11(10)2)17-9-13(15)14-18-7-6-16-3/h4-5,8H,6-7,9H2,1-3H3,(H,14,15). The highest BCUT2D eigenvalue weighted by Crippen LogP contribution is 2.16. The molecule has 0 unspecified atom stereocenters. The minimum atomic E-state index is -0.329. The van der Waals surface area contributed by atoms with E-state index in [1.807, 2.05) is 32.0 Å². The molecule has 0 bridgehead atoms. The number of carbonyl (C=O) groups is 1. The van der Waals surface area contributed by atoms with Crippen molar-refractivity contribution in [3.8, 4) is 5.75 Å². The fraction of sp³-hybridized carbons (Fsp3) is 0.462. The van der Waals surface area contributed by atoms with Crippen molar-refractivity contribution in [3.05, 3.63) is 29.3 Å². The SMILES string of the molecule is COCCONC(=O)COc1ccc(C)c(C)c1. The number of nitrogens with one attached hydrogen (secondary N) is 1. The molecule has 0 aliphatic rings. The first-order valence-electron chi connectivity index (χ1n) is 5.73. The minimum Gasteiger partial charge on any atom is -0.484 e. The number of benzene rings is 1. The van der Waals surface area contributed by atoms with Gasteiger partial charge in [-0.05, 0) is 37.1 Å². The van der Waals surface area contributed by atoms with Crippen LogP contribution in [0.15, 0.2) is 18.2 Å². The third-order valence-corrected chi connectivity index (χ3v) is 2.42. The van der Waals surface area contributed by atoms with Gasteiger partial charge in [-0.2, -0.15) is 0 Å². The first-order chi connectivity index (χ1) is 8.63. The van der Waals surface area contributed by atoms with Crippen molar-refractivity contribution in [1.82, 2.24) is 5.48 Å². The Labute approximate surface area is 107 Å². The second kappa shape index (κ2) is 7.68. The van der Waals surface area contributed by atoms with Gasteiger partial charge in [-0.15, -0.1) is 0 Å². The van der Waals surface area contributed by atoms with E-state index in [0.717, 1.165) is 5.56 Å². The Kier molecular flexibility index (Phi) is 6.18. The van der Waals surface area contributed by atoms with Crippen LogP contribution in [-0.2, 0) is 14.4 Å². The van der Waals surface area contributed by atoms with Crippen LogP contribution in [0.25, 0.3) is 0 Å². The molecule has 0 saturated carbocycles. The summed E-state index contributed by atoms with van der Waals surface area (Å²) in [6.07, 6.45) is 0. The number of hydroxylamine groups is 1. The molecular formula is C13H19NO4. The lowest BCUT2D eigenvalue weighted by Gasteiger charge is -2.08. The Hall–Kier alpha value is -1.59. The molecule has 0 spiro atoms. The summed E-state index contributed by atoms with van der Waals surface area (Å²) in [5.74, 6) is 0.342. The highest BCUT2D eigenvalue weighted by atomic mass is 16.7. The number of hydrogen-bond donors (Lipinski definition) is 1. The van der Waals surface area contributed by atoms with Gasteiger partial charge in [-0.3, -0.25) is 9.63 Å². The Bertz CT molecular complexity index is 393. The zero-order chi connectivity index (χ0) is 13.4. The summed E-state index contributed by atoms with van der Waals surface area (Å²) in [7, 11) is 1.56. The maximum absolute atomic E-state index is 11.3. The van der Waals surface area contributed by atoms with Gasteiger partial charge in [0.15, 0.2) is 6.61 Å². The fourth-order valence-electron chi connectivity index (χ4n) is 1.24. The van der Waals surface area contributed by atoms with Gasteiger partial charge in [0.25, 0.3) is 5.91 Å². The molecule has 1 N–H and O–H groups in total. The topological polar surface area (TPSA) is 56.8 Å². The Balaban J connectivity index is 2.27. The van der Waals surface area contributed by atoms with Crippen molar-refractivity contribution in [3.63, 3.8) is 0 Å². The second-order valence-electron chi connectivity index (χ2n) is 3.90. The van der Waals surface area contributed by atoms with E-state index in [9.17, 15) is 4.79 Å². The van der Waals surface area contributed by atoms with Crippen LogP contribution >= 0.6 is 0 Å². The number of methoxy groups -OCH3 is 1. The monoisotopic (exact) mass is 253 g/mol. The molecule has 18 heavy (non-hydrogen) atoms. The third-order valence-electron chi connectivity index (χ3n) is 2.42. The van der Waals surface area contributed by atoms with Crippen LogP contribution in [0.1, 0.15) is 11.1 Å². The average Bonchev–Trinajstić information content (AvgIpc) is 2.36. The lowest BCUT2D eigenvalue weighted by molar-refractivity contribution is -0.136. The first kappa shape index (κ1) is 14.5. The van der Waals surface area contributed by atoms with Crippen LogP contribution < -0.4 is 10.2 Å². The number of rotatable bonds is 7. The molecule has 1 rings (SSSR count). The lowest BCUT2D eigenvalue weighted by Crippen LogP contribution is -2.30. The molecule has 0 atom stereocenters. The fourth-order valence-corrected chi connectivity index (χ4v) is 1.24. The molecule has 0 fully saturated rings. The molecule has 0 aliphatic carbocycles. The summed E-state index contributed by atoms with van der Waals surface area (Å²) in [5.41, 5.74) is 4.59. The van der Waals surface area contributed by atoms with Crippen molar-refractivity contribution >= 4 is 5.91 Å². The van der Waals surface area contributed by atoms with Crippen molar-refractivity contribution in [2.45, 2.75) is 13.8 Å². The largest absolute Gasteiger partial charge is 0.484 e. The summed E-state index contributed by atoms with van der Waals surface area (Å²) < 4.78 is 10.1. The quantitative estimate of drug-likeness (QED) is 0.589. The summed E-state index contributed by atoms with van der Waals surface area (Å²) in [4.78, 5) is 16.2. The number of hydrogen-bond acceptors (Lipinski definition) is 4. The number of aryl methyl sites for hydroxylation is 2. The highest BCUT2D eigenvalue weighted by Gasteiger charge is 2.03. The van der Waals surface area contributed by atoms with E-state index in [1.165, 1.54) is 5.56 Å². The van der Waals surface area contributed by atoms with E-state index in [1.54, 1.807) is 7.11 Å². The highest BCUT2D eigenvalue weighted by molar-refractivity contribution is 5.76. The summed E-state index contributed by atoms with van der Waals surface area (Å²) >= 11 is 0. The molecule has 0 aromatic heterocycles. The summed E-state index contributed by atoms with van der Waals surface area (Å²) in [6, 6.07) is 5.69. The molecule has 5 nitrogen and oxygen atoms in total. The Morgan fingerprint density at radius 1 is 1.22 bits per heavy atom. The molecule has 0 aliphatic heterocycles. The van der Waals surface area contributed by atoms with Crippen molar-refractivity contribution in [1.29, 1.82) is 0 Å². The van der Waals surface area contributed by atoms with Gasteiger partial charge < -0.3 is 9.47 Å². The molecule has 1 aromatic rings. The van der Waals surface area contributed by atoms with E-state index in [0.29, 0.717) is 19.0 Å². The molecule has 0 saturated heterocycles. The predicted molar refractivity (Wildman–Crippen MR) is 67.4 cm³/mol. The van der Waals surface area contributed by atoms with Crippen LogP contribution in [0, 0.1) is 13.8 Å². The van der Waals surface area contributed by atoms with Gasteiger partial charge in [0, 0.05) is 7.11 Å². The van der Waals surface area contributed by atoms with E-state index in [4.69, 9.17) is 14.3 Å². The van der Waals surface area contributed by atoms with Gasteiger partial charge in [0.05, 0.1) is 13.2 Å². The maximum atomic E-state index is 11.3. The van der Waals surface area contributed by atoms with Gasteiger partial charge in [0.2, 0.25) is 0 Å². The lowest BCUT2D eigenvalue weighted by atomic mass is 10.1. The van der Waals surface area contributed by atoms with Crippen molar-refractivity contribution < 1.29 is 19.1 Å². The zero-order valence-electron chi connectivity index (χ0n) is 11.0.